The van der Waals surface area contributed by atoms with Crippen molar-refractivity contribution in [3.05, 3.63) is 65.5 Å². The number of hydrogen-bond donors (Lipinski definition) is 0. The monoisotopic (exact) mass is 495 g/mol. The van der Waals surface area contributed by atoms with Gasteiger partial charge >= 0.3 is 0 Å². The molecule has 37 heavy (non-hydrogen) atoms. The average Bonchev–Trinajstić information content (AvgIpc) is 3.43. The fourth-order valence-electron chi connectivity index (χ4n) is 9.75. The first-order valence-corrected chi connectivity index (χ1v) is 14.9. The van der Waals surface area contributed by atoms with Gasteiger partial charge in [-0.3, -0.25) is 9.88 Å². The van der Waals surface area contributed by atoms with Crippen molar-refractivity contribution in [3.8, 4) is 0 Å². The van der Waals surface area contributed by atoms with Crippen molar-refractivity contribution >= 4 is 10.8 Å². The van der Waals surface area contributed by atoms with Crippen LogP contribution in [0.4, 0.5) is 0 Å². The molecule has 6 atom stereocenters. The molecule has 2 bridgehead atoms. The topological polar surface area (TPSA) is 28.6 Å². The van der Waals surface area contributed by atoms with Gasteiger partial charge in [-0.15, -0.1) is 0 Å². The molecule has 2 spiro atoms. The molecule has 0 amide bonds. The highest BCUT2D eigenvalue weighted by molar-refractivity contribution is 5.82. The number of fused-ring (bicyclic) bond motifs is 2. The summed E-state index contributed by atoms with van der Waals surface area (Å²) in [5, 5.41) is 2.57. The summed E-state index contributed by atoms with van der Waals surface area (Å²) in [7, 11) is 2.26. The Kier molecular flexibility index (Phi) is 4.96. The maximum atomic E-state index is 7.57. The van der Waals surface area contributed by atoms with Gasteiger partial charge in [-0.2, -0.15) is 0 Å². The van der Waals surface area contributed by atoms with E-state index in [1.54, 1.807) is 11.1 Å². The molecule has 0 radical (unpaired) electrons. The number of ether oxygens (including phenoxy) is 1. The first-order chi connectivity index (χ1) is 18.0. The fraction of sp³-hybridized carbons (Fsp3) is 0.606. The molecule has 1 aromatic carbocycles. The van der Waals surface area contributed by atoms with Crippen LogP contribution in [0.15, 0.2) is 60.0 Å². The van der Waals surface area contributed by atoms with E-state index in [2.05, 4.69) is 65.2 Å². The van der Waals surface area contributed by atoms with Crippen LogP contribution in [-0.2, 0) is 4.74 Å². The quantitative estimate of drug-likeness (QED) is 0.504. The third kappa shape index (κ3) is 3.22. The van der Waals surface area contributed by atoms with Crippen LogP contribution < -0.4 is 0 Å². The number of benzene rings is 1. The number of piperazine rings is 1. The van der Waals surface area contributed by atoms with Crippen LogP contribution in [0.25, 0.3) is 10.8 Å². The molecule has 6 aliphatic rings. The van der Waals surface area contributed by atoms with Crippen molar-refractivity contribution in [1.82, 2.24) is 14.8 Å². The van der Waals surface area contributed by atoms with E-state index in [0.29, 0.717) is 17.9 Å². The molecule has 3 aliphatic heterocycles. The lowest BCUT2D eigenvalue weighted by molar-refractivity contribution is -0.141. The molecule has 4 heterocycles. The summed E-state index contributed by atoms with van der Waals surface area (Å²) in [5.74, 6) is 1.19. The summed E-state index contributed by atoms with van der Waals surface area (Å²) >= 11 is 0. The van der Waals surface area contributed by atoms with Gasteiger partial charge in [0.1, 0.15) is 0 Å². The van der Waals surface area contributed by atoms with E-state index < -0.39 is 0 Å². The summed E-state index contributed by atoms with van der Waals surface area (Å²) in [6.45, 7) is 7.44. The number of rotatable bonds is 2. The summed E-state index contributed by atoms with van der Waals surface area (Å²) in [5.41, 5.74) is 4.85. The number of nitrogens with zero attached hydrogens (tertiary/aromatic N) is 3. The molecule has 4 nitrogen and oxygen atoms in total. The number of aromatic nitrogens is 1. The van der Waals surface area contributed by atoms with Crippen LogP contribution in [0.3, 0.4) is 0 Å². The highest BCUT2D eigenvalue weighted by Crippen LogP contribution is 2.69. The van der Waals surface area contributed by atoms with Crippen molar-refractivity contribution in [1.29, 1.82) is 0 Å². The Bertz CT molecular complexity index is 1310. The highest BCUT2D eigenvalue weighted by atomic mass is 16.5. The summed E-state index contributed by atoms with van der Waals surface area (Å²) in [4.78, 5) is 9.67. The molecule has 4 heteroatoms. The Morgan fingerprint density at radius 1 is 1.00 bits per heavy atom. The van der Waals surface area contributed by atoms with E-state index >= 15 is 0 Å². The van der Waals surface area contributed by atoms with Crippen LogP contribution in [0.5, 0.6) is 0 Å². The first kappa shape index (κ1) is 22.9. The van der Waals surface area contributed by atoms with Crippen molar-refractivity contribution in [2.24, 2.45) is 11.3 Å². The second-order valence-corrected chi connectivity index (χ2v) is 13.4. The smallest absolute Gasteiger partial charge is 0.0974 e. The van der Waals surface area contributed by atoms with E-state index in [9.17, 15) is 0 Å². The minimum atomic E-state index is -0.0618. The van der Waals surface area contributed by atoms with Gasteiger partial charge < -0.3 is 9.64 Å². The first-order valence-electron chi connectivity index (χ1n) is 14.9. The fourth-order valence-corrected chi connectivity index (χ4v) is 9.75. The van der Waals surface area contributed by atoms with Crippen LogP contribution in [0.2, 0.25) is 0 Å². The van der Waals surface area contributed by atoms with E-state index in [0.717, 1.165) is 0 Å². The third-order valence-electron chi connectivity index (χ3n) is 11.8. The molecule has 8 rings (SSSR count). The Balaban J connectivity index is 1.12. The number of hydrogen-bond acceptors (Lipinski definition) is 4. The van der Waals surface area contributed by atoms with Crippen molar-refractivity contribution in [2.45, 2.75) is 81.5 Å². The minimum Gasteiger partial charge on any atom is -0.359 e. The highest BCUT2D eigenvalue weighted by Gasteiger charge is 2.66. The van der Waals surface area contributed by atoms with Crippen molar-refractivity contribution < 1.29 is 4.74 Å². The molecule has 2 aromatic rings. The maximum Gasteiger partial charge on any atom is 0.0974 e. The van der Waals surface area contributed by atoms with Crippen LogP contribution >= 0.6 is 0 Å². The van der Waals surface area contributed by atoms with Gasteiger partial charge in [0.15, 0.2) is 0 Å². The van der Waals surface area contributed by atoms with Gasteiger partial charge in [0.05, 0.1) is 11.2 Å². The Morgan fingerprint density at radius 3 is 2.78 bits per heavy atom. The standard InChI is InChI=1S/C33H41N3O/c1-31-11-9-27-20-26-5-6-28(36-17-15-35(2)16-18-36)21-32(26)12-13-33(27,37-32)30(31)8-7-29(31)24-4-3-23-10-14-34-22-25(23)19-24/h3-4,9-10,14,19-20,22,28-30H,5-8,11-13,15-18,21H2,1-2H3/t28-,29?,30-,31-,32-,33-/m1/s1. The molecule has 1 unspecified atom stereocenters. The van der Waals surface area contributed by atoms with Gasteiger partial charge in [-0.05, 0) is 110 Å². The normalized spacial score (nSPS) is 41.6. The molecule has 4 fully saturated rings. The minimum absolute atomic E-state index is 0.00540. The largest absolute Gasteiger partial charge is 0.359 e. The van der Waals surface area contributed by atoms with Crippen molar-refractivity contribution in [2.75, 3.05) is 33.2 Å². The van der Waals surface area contributed by atoms with Crippen LogP contribution in [-0.4, -0.2) is 65.3 Å². The van der Waals surface area contributed by atoms with Crippen LogP contribution in [0.1, 0.15) is 69.8 Å². The Hall–Kier alpha value is -2.01. The van der Waals surface area contributed by atoms with Gasteiger partial charge in [-0.1, -0.05) is 31.2 Å². The lowest BCUT2D eigenvalue weighted by Crippen LogP contribution is -2.57. The summed E-state index contributed by atoms with van der Waals surface area (Å²) < 4.78 is 7.57. The predicted molar refractivity (Wildman–Crippen MR) is 149 cm³/mol. The molecule has 194 valence electrons. The van der Waals surface area contributed by atoms with Crippen molar-refractivity contribution in [3.63, 3.8) is 0 Å². The molecule has 1 aromatic heterocycles. The zero-order valence-electron chi connectivity index (χ0n) is 22.6. The second-order valence-electron chi connectivity index (χ2n) is 13.4. The lowest BCUT2D eigenvalue weighted by atomic mass is 9.58. The zero-order chi connectivity index (χ0) is 24.8. The number of likely N-dealkylation sites (N-methyl/N-ethyl adjacent to an activating group) is 1. The van der Waals surface area contributed by atoms with E-state index in [-0.39, 0.29) is 16.6 Å². The van der Waals surface area contributed by atoms with Gasteiger partial charge in [-0.25, -0.2) is 0 Å². The van der Waals surface area contributed by atoms with E-state index in [1.165, 1.54) is 93.9 Å². The molecular formula is C33H41N3O. The molecule has 0 N–H and O–H groups in total. The lowest BCUT2D eigenvalue weighted by Gasteiger charge is -2.55. The summed E-state index contributed by atoms with van der Waals surface area (Å²) in [6.07, 6.45) is 19.1. The van der Waals surface area contributed by atoms with Gasteiger partial charge in [0.2, 0.25) is 0 Å². The number of allylic oxidation sites excluding steroid dienone is 1. The Morgan fingerprint density at radius 2 is 1.89 bits per heavy atom. The average molecular weight is 496 g/mol. The zero-order valence-corrected chi connectivity index (χ0v) is 22.6. The predicted octanol–water partition coefficient (Wildman–Crippen LogP) is 6.09. The maximum absolute atomic E-state index is 7.57. The second kappa shape index (κ2) is 8.00. The van der Waals surface area contributed by atoms with E-state index in [4.69, 9.17) is 4.74 Å². The molecular weight excluding hydrogens is 454 g/mol. The third-order valence-corrected chi connectivity index (χ3v) is 11.8. The molecule has 3 aliphatic carbocycles. The van der Waals surface area contributed by atoms with Crippen LogP contribution in [0, 0.1) is 11.3 Å². The molecule has 2 saturated carbocycles. The molecule has 2 saturated heterocycles. The Labute approximate surface area is 221 Å². The van der Waals surface area contributed by atoms with E-state index in [1.807, 2.05) is 12.4 Å². The van der Waals surface area contributed by atoms with Gasteiger partial charge in [0.25, 0.3) is 0 Å². The SMILES string of the molecule is CN1CCN([C@@H]2CCC3=CC4=CC[C@]5(C)C(c6ccc7ccncc7c6)CC[C@H]5[C@@]45CC[C@]3(C2)O5)CC1. The summed E-state index contributed by atoms with van der Waals surface area (Å²) in [6, 6.07) is 9.95. The van der Waals surface area contributed by atoms with Gasteiger partial charge in [0, 0.05) is 50.0 Å². The number of pyridine rings is 1.